The van der Waals surface area contributed by atoms with Crippen molar-refractivity contribution in [2.24, 2.45) is 5.73 Å². The highest BCUT2D eigenvalue weighted by Gasteiger charge is 2.11. The summed E-state index contributed by atoms with van der Waals surface area (Å²) in [5.41, 5.74) is 9.45. The number of rotatable bonds is 3. The van der Waals surface area contributed by atoms with Crippen LogP contribution in [0.4, 0.5) is 0 Å². The molecule has 2 aromatic heterocycles. The Balaban J connectivity index is 2.17. The molecule has 90 valence electrons. The zero-order valence-corrected chi connectivity index (χ0v) is 12.3. The molecule has 0 bridgehead atoms. The van der Waals surface area contributed by atoms with Crippen molar-refractivity contribution in [1.29, 1.82) is 0 Å². The minimum atomic E-state index is 0.0219. The fraction of sp³-hybridized carbons (Fsp3) is 0.308. The third-order valence-corrected chi connectivity index (χ3v) is 4.43. The summed E-state index contributed by atoms with van der Waals surface area (Å²) in [6.07, 6.45) is 0.863. The normalized spacial score (nSPS) is 12.7. The second-order valence-electron chi connectivity index (χ2n) is 4.17. The molecule has 4 heteroatoms. The van der Waals surface area contributed by atoms with Gasteiger partial charge in [0, 0.05) is 38.6 Å². The van der Waals surface area contributed by atoms with Crippen molar-refractivity contribution in [2.45, 2.75) is 26.3 Å². The minimum absolute atomic E-state index is 0.0219. The monoisotopic (exact) mass is 310 g/mol. The number of pyridine rings is 1. The Hall–Kier alpha value is -0.710. The Kier molecular flexibility index (Phi) is 3.97. The summed E-state index contributed by atoms with van der Waals surface area (Å²) in [4.78, 5) is 5.75. The van der Waals surface area contributed by atoms with Gasteiger partial charge in [0.05, 0.1) is 0 Å². The second-order valence-corrected chi connectivity index (χ2v) is 6.08. The SMILES string of the molecule is Cc1ccc(C(N)Cc2cc(Br)cs2)c(C)n1. The van der Waals surface area contributed by atoms with Gasteiger partial charge in [-0.15, -0.1) is 11.3 Å². The summed E-state index contributed by atoms with van der Waals surface area (Å²) >= 11 is 5.19. The number of aromatic nitrogens is 1. The molecule has 0 amide bonds. The molecule has 0 saturated heterocycles. The zero-order valence-electron chi connectivity index (χ0n) is 9.90. The van der Waals surface area contributed by atoms with Gasteiger partial charge >= 0.3 is 0 Å². The van der Waals surface area contributed by atoms with E-state index in [9.17, 15) is 0 Å². The van der Waals surface area contributed by atoms with E-state index in [0.29, 0.717) is 0 Å². The molecule has 17 heavy (non-hydrogen) atoms. The van der Waals surface area contributed by atoms with E-state index < -0.39 is 0 Å². The van der Waals surface area contributed by atoms with Crippen molar-refractivity contribution in [3.8, 4) is 0 Å². The molecule has 1 unspecified atom stereocenters. The number of aryl methyl sites for hydroxylation is 2. The number of hydrogen-bond donors (Lipinski definition) is 1. The maximum atomic E-state index is 6.24. The molecular formula is C13H15BrN2S. The lowest BCUT2D eigenvalue weighted by atomic mass is 10.0. The molecule has 0 aromatic carbocycles. The van der Waals surface area contributed by atoms with Gasteiger partial charge in [0.15, 0.2) is 0 Å². The highest BCUT2D eigenvalue weighted by Crippen LogP contribution is 2.25. The van der Waals surface area contributed by atoms with Gasteiger partial charge in [-0.05, 0) is 47.5 Å². The average Bonchev–Trinajstić information content (AvgIpc) is 2.63. The van der Waals surface area contributed by atoms with Crippen LogP contribution in [0.1, 0.15) is 27.9 Å². The first kappa shape index (κ1) is 12.7. The Labute approximate surface area is 114 Å². The average molecular weight is 311 g/mol. The van der Waals surface area contributed by atoms with E-state index in [1.807, 2.05) is 19.9 Å². The first-order valence-electron chi connectivity index (χ1n) is 5.49. The predicted octanol–water partition coefficient (Wildman–Crippen LogP) is 3.76. The van der Waals surface area contributed by atoms with Crippen LogP contribution in [-0.2, 0) is 6.42 Å². The number of hydrogen-bond acceptors (Lipinski definition) is 3. The van der Waals surface area contributed by atoms with Crippen molar-refractivity contribution in [3.05, 3.63) is 49.9 Å². The minimum Gasteiger partial charge on any atom is -0.324 e. The van der Waals surface area contributed by atoms with Gasteiger partial charge < -0.3 is 5.73 Å². The Bertz CT molecular complexity index is 522. The summed E-state index contributed by atoms with van der Waals surface area (Å²) in [6, 6.07) is 6.26. The van der Waals surface area contributed by atoms with Crippen LogP contribution in [0.2, 0.25) is 0 Å². The van der Waals surface area contributed by atoms with Crippen LogP contribution >= 0.6 is 27.3 Å². The molecule has 2 heterocycles. The van der Waals surface area contributed by atoms with E-state index in [4.69, 9.17) is 5.73 Å². The van der Waals surface area contributed by atoms with Gasteiger partial charge in [-0.1, -0.05) is 6.07 Å². The zero-order chi connectivity index (χ0) is 12.4. The Morgan fingerprint density at radius 1 is 1.41 bits per heavy atom. The second kappa shape index (κ2) is 5.29. The lowest BCUT2D eigenvalue weighted by Gasteiger charge is -2.13. The lowest BCUT2D eigenvalue weighted by Crippen LogP contribution is -2.15. The fourth-order valence-corrected chi connectivity index (χ4v) is 3.39. The molecular weight excluding hydrogens is 296 g/mol. The number of thiophene rings is 1. The van der Waals surface area contributed by atoms with Crippen molar-refractivity contribution < 1.29 is 0 Å². The van der Waals surface area contributed by atoms with E-state index in [2.05, 4.69) is 38.4 Å². The van der Waals surface area contributed by atoms with Crippen LogP contribution in [-0.4, -0.2) is 4.98 Å². The van der Waals surface area contributed by atoms with Crippen molar-refractivity contribution in [3.63, 3.8) is 0 Å². The lowest BCUT2D eigenvalue weighted by molar-refractivity contribution is 0.717. The first-order valence-corrected chi connectivity index (χ1v) is 7.16. The fourth-order valence-electron chi connectivity index (χ4n) is 1.88. The largest absolute Gasteiger partial charge is 0.324 e. The topological polar surface area (TPSA) is 38.9 Å². The smallest absolute Gasteiger partial charge is 0.0423 e. The maximum Gasteiger partial charge on any atom is 0.0423 e. The van der Waals surface area contributed by atoms with Crippen molar-refractivity contribution >= 4 is 27.3 Å². The van der Waals surface area contributed by atoms with Crippen LogP contribution in [0.5, 0.6) is 0 Å². The molecule has 0 radical (unpaired) electrons. The molecule has 2 rings (SSSR count). The summed E-state index contributed by atoms with van der Waals surface area (Å²) in [7, 11) is 0. The van der Waals surface area contributed by atoms with Crippen LogP contribution in [0.25, 0.3) is 0 Å². The number of halogens is 1. The van der Waals surface area contributed by atoms with Gasteiger partial charge in [0.1, 0.15) is 0 Å². The molecule has 0 spiro atoms. The maximum absolute atomic E-state index is 6.24. The number of nitrogens with zero attached hydrogens (tertiary/aromatic N) is 1. The van der Waals surface area contributed by atoms with Crippen LogP contribution < -0.4 is 5.73 Å². The van der Waals surface area contributed by atoms with E-state index in [1.54, 1.807) is 11.3 Å². The molecule has 2 aromatic rings. The third kappa shape index (κ3) is 3.15. The quantitative estimate of drug-likeness (QED) is 0.937. The van der Waals surface area contributed by atoms with Crippen molar-refractivity contribution in [1.82, 2.24) is 4.98 Å². The molecule has 0 fully saturated rings. The molecule has 2 nitrogen and oxygen atoms in total. The van der Waals surface area contributed by atoms with Crippen molar-refractivity contribution in [2.75, 3.05) is 0 Å². The summed E-state index contributed by atoms with van der Waals surface area (Å²) < 4.78 is 1.13. The van der Waals surface area contributed by atoms with Crippen LogP contribution in [0.15, 0.2) is 28.1 Å². The van der Waals surface area contributed by atoms with E-state index in [-0.39, 0.29) is 6.04 Å². The van der Waals surface area contributed by atoms with Gasteiger partial charge in [-0.3, -0.25) is 4.98 Å². The Morgan fingerprint density at radius 3 is 2.76 bits per heavy atom. The van der Waals surface area contributed by atoms with Gasteiger partial charge in [0.25, 0.3) is 0 Å². The van der Waals surface area contributed by atoms with Crippen LogP contribution in [0.3, 0.4) is 0 Å². The molecule has 1 atom stereocenters. The highest BCUT2D eigenvalue weighted by atomic mass is 79.9. The van der Waals surface area contributed by atoms with E-state index in [0.717, 1.165) is 27.8 Å². The first-order chi connectivity index (χ1) is 8.06. The van der Waals surface area contributed by atoms with Gasteiger partial charge in [-0.2, -0.15) is 0 Å². The van der Waals surface area contributed by atoms with E-state index >= 15 is 0 Å². The molecule has 2 N–H and O–H groups in total. The predicted molar refractivity (Wildman–Crippen MR) is 76.4 cm³/mol. The molecule has 0 aliphatic rings. The Morgan fingerprint density at radius 2 is 2.18 bits per heavy atom. The summed E-state index contributed by atoms with van der Waals surface area (Å²) in [5.74, 6) is 0. The third-order valence-electron chi connectivity index (χ3n) is 2.71. The summed E-state index contributed by atoms with van der Waals surface area (Å²) in [6.45, 7) is 4.02. The molecule has 0 aliphatic heterocycles. The molecule has 0 saturated carbocycles. The number of nitrogens with two attached hydrogens (primary N) is 1. The summed E-state index contributed by atoms with van der Waals surface area (Å²) in [5, 5.41) is 2.09. The van der Waals surface area contributed by atoms with E-state index in [1.165, 1.54) is 4.88 Å². The highest BCUT2D eigenvalue weighted by molar-refractivity contribution is 9.10. The van der Waals surface area contributed by atoms with Gasteiger partial charge in [0.2, 0.25) is 0 Å². The van der Waals surface area contributed by atoms with Gasteiger partial charge in [-0.25, -0.2) is 0 Å². The van der Waals surface area contributed by atoms with Crippen LogP contribution in [0, 0.1) is 13.8 Å². The standard InChI is InChI=1S/C13H15BrN2S/c1-8-3-4-12(9(2)16-8)13(15)6-11-5-10(14)7-17-11/h3-5,7,13H,6,15H2,1-2H3. The molecule has 0 aliphatic carbocycles.